The molecule has 3 nitrogen and oxygen atoms in total. The van der Waals surface area contributed by atoms with E-state index >= 15 is 0 Å². The van der Waals surface area contributed by atoms with E-state index in [2.05, 4.69) is 25.9 Å². The molecule has 0 spiro atoms. The molecule has 6 heteroatoms. The van der Waals surface area contributed by atoms with Crippen LogP contribution in [0.15, 0.2) is 4.47 Å². The second-order valence-corrected chi connectivity index (χ2v) is 4.60. The lowest BCUT2D eigenvalue weighted by Gasteiger charge is -2.08. The van der Waals surface area contributed by atoms with Gasteiger partial charge >= 0.3 is 0 Å². The third kappa shape index (κ3) is 2.76. The van der Waals surface area contributed by atoms with Gasteiger partial charge in [0, 0.05) is 7.11 Å². The lowest BCUT2D eigenvalue weighted by atomic mass is 10.4. The van der Waals surface area contributed by atoms with Gasteiger partial charge in [0.25, 0.3) is 0 Å². The highest BCUT2D eigenvalue weighted by Gasteiger charge is 2.09. The zero-order valence-corrected chi connectivity index (χ0v) is 11.0. The third-order valence-corrected chi connectivity index (χ3v) is 3.24. The Morgan fingerprint density at radius 3 is 2.86 bits per heavy atom. The molecule has 0 aromatic carbocycles. The van der Waals surface area contributed by atoms with Crippen LogP contribution >= 0.6 is 39.7 Å². The van der Waals surface area contributed by atoms with Crippen molar-refractivity contribution >= 4 is 39.7 Å². The summed E-state index contributed by atoms with van der Waals surface area (Å²) in [7, 11) is 1.62. The largest absolute Gasteiger partial charge is 0.378 e. The van der Waals surface area contributed by atoms with E-state index in [0.29, 0.717) is 17.1 Å². The van der Waals surface area contributed by atoms with Gasteiger partial charge in [-0.05, 0) is 22.9 Å². The zero-order valence-electron chi connectivity index (χ0n) is 7.80. The van der Waals surface area contributed by atoms with Crippen LogP contribution in [0.1, 0.15) is 23.8 Å². The van der Waals surface area contributed by atoms with Gasteiger partial charge in [0.1, 0.15) is 10.5 Å². The molecule has 0 aliphatic heterocycles. The van der Waals surface area contributed by atoms with Gasteiger partial charge in [0.05, 0.1) is 22.2 Å². The fraction of sp³-hybridized carbons (Fsp3) is 0.500. The third-order valence-electron chi connectivity index (χ3n) is 1.62. The normalized spacial score (nSPS) is 12.9. The Morgan fingerprint density at radius 1 is 1.71 bits per heavy atom. The molecular formula is C8H10BrClN2OS. The van der Waals surface area contributed by atoms with Crippen molar-refractivity contribution < 1.29 is 4.74 Å². The monoisotopic (exact) mass is 296 g/mol. The summed E-state index contributed by atoms with van der Waals surface area (Å²) in [4.78, 5) is 7.21. The number of nitrogens with one attached hydrogen (secondary N) is 1. The van der Waals surface area contributed by atoms with Crippen molar-refractivity contribution in [1.29, 1.82) is 0 Å². The highest BCUT2D eigenvalue weighted by Crippen LogP contribution is 2.21. The maximum absolute atomic E-state index is 5.90. The van der Waals surface area contributed by atoms with Crippen LogP contribution in [-0.4, -0.2) is 17.1 Å². The molecule has 0 amide bonds. The first kappa shape index (κ1) is 12.1. The minimum absolute atomic E-state index is 0.194. The number of hydrogen-bond acceptors (Lipinski definition) is 3. The van der Waals surface area contributed by atoms with Gasteiger partial charge < -0.3 is 9.72 Å². The summed E-state index contributed by atoms with van der Waals surface area (Å²) in [5, 5.41) is -0.194. The predicted octanol–water partition coefficient (Wildman–Crippen LogP) is 3.35. The van der Waals surface area contributed by atoms with E-state index in [1.807, 2.05) is 6.92 Å². The van der Waals surface area contributed by atoms with E-state index < -0.39 is 0 Å². The van der Waals surface area contributed by atoms with Crippen molar-refractivity contribution in [2.24, 2.45) is 0 Å². The minimum Gasteiger partial charge on any atom is -0.378 e. The number of methoxy groups -OCH3 is 1. The second-order valence-electron chi connectivity index (χ2n) is 2.77. The van der Waals surface area contributed by atoms with Crippen molar-refractivity contribution in [2.75, 3.05) is 7.11 Å². The van der Waals surface area contributed by atoms with E-state index in [9.17, 15) is 0 Å². The highest BCUT2D eigenvalue weighted by molar-refractivity contribution is 9.10. The number of nitrogens with zero attached hydrogens (tertiary/aromatic N) is 1. The molecule has 78 valence electrons. The quantitative estimate of drug-likeness (QED) is 0.687. The van der Waals surface area contributed by atoms with Crippen molar-refractivity contribution in [3.8, 4) is 0 Å². The summed E-state index contributed by atoms with van der Waals surface area (Å²) >= 11 is 14.3. The fourth-order valence-electron chi connectivity index (χ4n) is 0.957. The average Bonchev–Trinajstić information content (AvgIpc) is 2.12. The van der Waals surface area contributed by atoms with Gasteiger partial charge in [-0.15, -0.1) is 11.6 Å². The predicted molar refractivity (Wildman–Crippen MR) is 62.1 cm³/mol. The van der Waals surface area contributed by atoms with Gasteiger partial charge in [-0.2, -0.15) is 0 Å². The molecule has 1 unspecified atom stereocenters. The zero-order chi connectivity index (χ0) is 10.7. The Labute approximate surface area is 101 Å². The molecule has 0 fully saturated rings. The van der Waals surface area contributed by atoms with Crippen LogP contribution < -0.4 is 0 Å². The lowest BCUT2D eigenvalue weighted by Crippen LogP contribution is -2.03. The molecule has 1 heterocycles. The van der Waals surface area contributed by atoms with Gasteiger partial charge in [0.2, 0.25) is 0 Å². The van der Waals surface area contributed by atoms with E-state index in [-0.39, 0.29) is 5.38 Å². The summed E-state index contributed by atoms with van der Waals surface area (Å²) in [6.07, 6.45) is 0. The number of ether oxygens (including phenoxy) is 1. The second kappa shape index (κ2) is 5.21. The number of aromatic nitrogens is 2. The number of hydrogen-bond donors (Lipinski definition) is 1. The molecule has 0 aliphatic rings. The Balaban J connectivity index is 3.21. The summed E-state index contributed by atoms with van der Waals surface area (Å²) in [5.74, 6) is 0.659. The molecule has 1 rings (SSSR count). The van der Waals surface area contributed by atoms with E-state index in [1.54, 1.807) is 7.11 Å². The molecule has 1 atom stereocenters. The summed E-state index contributed by atoms with van der Waals surface area (Å²) < 4.78 is 6.28. The average molecular weight is 298 g/mol. The van der Waals surface area contributed by atoms with Crippen molar-refractivity contribution in [3.63, 3.8) is 0 Å². The van der Waals surface area contributed by atoms with Crippen molar-refractivity contribution in [3.05, 3.63) is 20.6 Å². The standard InChI is InChI=1S/C8H10BrClN2OS/c1-4(10)7-11-5(3-13-2)6(9)8(14)12-7/h4H,3H2,1-2H3,(H,11,12,14). The minimum atomic E-state index is -0.194. The van der Waals surface area contributed by atoms with Crippen LogP contribution in [0, 0.1) is 4.64 Å². The Morgan fingerprint density at radius 2 is 2.36 bits per heavy atom. The van der Waals surface area contributed by atoms with E-state index in [0.717, 1.165) is 10.2 Å². The Kier molecular flexibility index (Phi) is 4.50. The summed E-state index contributed by atoms with van der Waals surface area (Å²) in [5.41, 5.74) is 0.856. The molecule has 0 saturated carbocycles. The number of aromatic amines is 1. The molecule has 0 saturated heterocycles. The number of alkyl halides is 1. The van der Waals surface area contributed by atoms with Crippen LogP contribution in [0.4, 0.5) is 0 Å². The van der Waals surface area contributed by atoms with Crippen LogP contribution in [-0.2, 0) is 11.3 Å². The van der Waals surface area contributed by atoms with Crippen LogP contribution in [0.5, 0.6) is 0 Å². The van der Waals surface area contributed by atoms with Gasteiger partial charge in [-0.1, -0.05) is 12.2 Å². The first-order valence-electron chi connectivity index (χ1n) is 3.98. The Hall–Kier alpha value is 0.0300. The smallest absolute Gasteiger partial charge is 0.144 e. The molecule has 1 aromatic heterocycles. The Bertz CT molecular complexity index is 380. The molecule has 0 radical (unpaired) electrons. The van der Waals surface area contributed by atoms with Gasteiger partial charge in [0.15, 0.2) is 0 Å². The van der Waals surface area contributed by atoms with Crippen molar-refractivity contribution in [2.45, 2.75) is 18.9 Å². The summed E-state index contributed by atoms with van der Waals surface area (Å²) in [6, 6.07) is 0. The van der Waals surface area contributed by atoms with E-state index in [1.165, 1.54) is 0 Å². The highest BCUT2D eigenvalue weighted by atomic mass is 79.9. The molecule has 0 aliphatic carbocycles. The van der Waals surface area contributed by atoms with Gasteiger partial charge in [-0.3, -0.25) is 0 Å². The maximum Gasteiger partial charge on any atom is 0.144 e. The van der Waals surface area contributed by atoms with E-state index in [4.69, 9.17) is 28.6 Å². The SMILES string of the molecule is COCc1[nH]c(C(C)Cl)nc(=S)c1Br. The van der Waals surface area contributed by atoms with Crippen LogP contribution in [0.25, 0.3) is 0 Å². The number of halogens is 2. The molecular weight excluding hydrogens is 288 g/mol. The van der Waals surface area contributed by atoms with Crippen molar-refractivity contribution in [1.82, 2.24) is 9.97 Å². The van der Waals surface area contributed by atoms with Gasteiger partial charge in [-0.25, -0.2) is 4.98 Å². The van der Waals surface area contributed by atoms with Crippen LogP contribution in [0.2, 0.25) is 0 Å². The molecule has 1 N–H and O–H groups in total. The summed E-state index contributed by atoms with van der Waals surface area (Å²) in [6.45, 7) is 2.28. The topological polar surface area (TPSA) is 37.9 Å². The lowest BCUT2D eigenvalue weighted by molar-refractivity contribution is 0.180. The van der Waals surface area contributed by atoms with Crippen LogP contribution in [0.3, 0.4) is 0 Å². The number of H-pyrrole nitrogens is 1. The molecule has 14 heavy (non-hydrogen) atoms. The number of rotatable bonds is 3. The first-order chi connectivity index (χ1) is 6.56. The first-order valence-corrected chi connectivity index (χ1v) is 5.61. The molecule has 0 bridgehead atoms. The fourth-order valence-corrected chi connectivity index (χ4v) is 1.58. The molecule has 1 aromatic rings. The maximum atomic E-state index is 5.90.